The number of nitrogens with one attached hydrogen (secondary N) is 2. The standard InChI is InChI=1S/C14H25N5O/c1-5-8-15-13-11(6-2)14(18-10-17-13)16-9-12(20)19(4)7-3/h10H,5-9H2,1-4H3,(H2,15,16,17,18). The number of hydrogen-bond acceptors (Lipinski definition) is 5. The van der Waals surface area contributed by atoms with Crippen molar-refractivity contribution in [3.05, 3.63) is 11.9 Å². The Hall–Kier alpha value is -1.85. The Morgan fingerprint density at radius 2 is 1.85 bits per heavy atom. The Balaban J connectivity index is 2.76. The van der Waals surface area contributed by atoms with Gasteiger partial charge in [-0.1, -0.05) is 13.8 Å². The van der Waals surface area contributed by atoms with Crippen molar-refractivity contribution in [3.63, 3.8) is 0 Å². The van der Waals surface area contributed by atoms with E-state index in [-0.39, 0.29) is 12.5 Å². The van der Waals surface area contributed by atoms with E-state index in [0.717, 1.165) is 36.6 Å². The van der Waals surface area contributed by atoms with Gasteiger partial charge in [0.25, 0.3) is 0 Å². The molecule has 0 aliphatic carbocycles. The average Bonchev–Trinajstić information content (AvgIpc) is 2.49. The van der Waals surface area contributed by atoms with Crippen LogP contribution in [0.25, 0.3) is 0 Å². The minimum absolute atomic E-state index is 0.0521. The second-order valence-corrected chi connectivity index (χ2v) is 4.59. The zero-order valence-corrected chi connectivity index (χ0v) is 12.9. The summed E-state index contributed by atoms with van der Waals surface area (Å²) < 4.78 is 0. The molecule has 0 radical (unpaired) electrons. The van der Waals surface area contributed by atoms with E-state index >= 15 is 0 Å². The summed E-state index contributed by atoms with van der Waals surface area (Å²) in [7, 11) is 1.79. The largest absolute Gasteiger partial charge is 0.370 e. The molecule has 0 aliphatic rings. The maximum Gasteiger partial charge on any atom is 0.241 e. The minimum atomic E-state index is 0.0521. The predicted molar refractivity (Wildman–Crippen MR) is 82.0 cm³/mol. The van der Waals surface area contributed by atoms with Gasteiger partial charge in [-0.3, -0.25) is 4.79 Å². The van der Waals surface area contributed by atoms with E-state index in [1.807, 2.05) is 6.92 Å². The smallest absolute Gasteiger partial charge is 0.241 e. The molecule has 0 aliphatic heterocycles. The Labute approximate surface area is 121 Å². The van der Waals surface area contributed by atoms with Crippen LogP contribution in [-0.4, -0.2) is 47.5 Å². The van der Waals surface area contributed by atoms with Gasteiger partial charge in [-0.15, -0.1) is 0 Å². The molecule has 0 aromatic carbocycles. The van der Waals surface area contributed by atoms with Gasteiger partial charge in [-0.25, -0.2) is 9.97 Å². The van der Waals surface area contributed by atoms with Gasteiger partial charge in [-0.2, -0.15) is 0 Å². The minimum Gasteiger partial charge on any atom is -0.370 e. The summed E-state index contributed by atoms with van der Waals surface area (Å²) in [5.41, 5.74) is 1.02. The molecule has 0 saturated heterocycles. The molecule has 0 fully saturated rings. The van der Waals surface area contributed by atoms with Crippen LogP contribution in [0.5, 0.6) is 0 Å². The Bertz CT molecular complexity index is 436. The summed E-state index contributed by atoms with van der Waals surface area (Å²) in [6.45, 7) is 7.95. The van der Waals surface area contributed by atoms with Crippen molar-refractivity contribution in [2.75, 3.05) is 37.3 Å². The van der Waals surface area contributed by atoms with Crippen molar-refractivity contribution in [1.82, 2.24) is 14.9 Å². The zero-order valence-electron chi connectivity index (χ0n) is 12.9. The highest BCUT2D eigenvalue weighted by Crippen LogP contribution is 2.20. The van der Waals surface area contributed by atoms with Gasteiger partial charge in [0, 0.05) is 25.7 Å². The fourth-order valence-corrected chi connectivity index (χ4v) is 1.77. The molecule has 1 aromatic rings. The number of carbonyl (C=O) groups excluding carboxylic acids is 1. The monoisotopic (exact) mass is 279 g/mol. The summed E-state index contributed by atoms with van der Waals surface area (Å²) in [5.74, 6) is 1.64. The van der Waals surface area contributed by atoms with Crippen molar-refractivity contribution in [2.45, 2.75) is 33.6 Å². The lowest BCUT2D eigenvalue weighted by atomic mass is 10.2. The number of amides is 1. The Kier molecular flexibility index (Phi) is 6.76. The van der Waals surface area contributed by atoms with Crippen LogP contribution in [0.2, 0.25) is 0 Å². The quantitative estimate of drug-likeness (QED) is 0.758. The normalized spacial score (nSPS) is 10.2. The molecule has 1 rings (SSSR count). The van der Waals surface area contributed by atoms with Crippen molar-refractivity contribution in [2.24, 2.45) is 0 Å². The van der Waals surface area contributed by atoms with Crippen molar-refractivity contribution in [1.29, 1.82) is 0 Å². The first-order valence-corrected chi connectivity index (χ1v) is 7.19. The van der Waals surface area contributed by atoms with E-state index in [1.165, 1.54) is 6.33 Å². The van der Waals surface area contributed by atoms with E-state index in [0.29, 0.717) is 6.54 Å². The number of rotatable bonds is 8. The molecule has 0 unspecified atom stereocenters. The predicted octanol–water partition coefficient (Wildman–Crippen LogP) is 1.75. The SMILES string of the molecule is CCCNc1ncnc(NCC(=O)N(C)CC)c1CC. The van der Waals surface area contributed by atoms with Crippen LogP contribution in [-0.2, 0) is 11.2 Å². The topological polar surface area (TPSA) is 70.1 Å². The maximum atomic E-state index is 11.8. The molecule has 1 heterocycles. The van der Waals surface area contributed by atoms with Gasteiger partial charge < -0.3 is 15.5 Å². The summed E-state index contributed by atoms with van der Waals surface area (Å²) in [6.07, 6.45) is 3.37. The molecule has 20 heavy (non-hydrogen) atoms. The molecule has 0 saturated carbocycles. The number of likely N-dealkylation sites (N-methyl/N-ethyl adjacent to an activating group) is 1. The number of anilines is 2. The Morgan fingerprint density at radius 1 is 1.20 bits per heavy atom. The van der Waals surface area contributed by atoms with E-state index in [4.69, 9.17) is 0 Å². The molecule has 6 heteroatoms. The highest BCUT2D eigenvalue weighted by atomic mass is 16.2. The van der Waals surface area contributed by atoms with Crippen LogP contribution in [0.1, 0.15) is 32.8 Å². The highest BCUT2D eigenvalue weighted by Gasteiger charge is 2.11. The Morgan fingerprint density at radius 3 is 2.40 bits per heavy atom. The van der Waals surface area contributed by atoms with Crippen LogP contribution in [0.15, 0.2) is 6.33 Å². The molecule has 1 aromatic heterocycles. The van der Waals surface area contributed by atoms with Crippen LogP contribution in [0, 0.1) is 0 Å². The summed E-state index contributed by atoms with van der Waals surface area (Å²) in [4.78, 5) is 22.0. The van der Waals surface area contributed by atoms with Crippen LogP contribution in [0.3, 0.4) is 0 Å². The highest BCUT2D eigenvalue weighted by molar-refractivity contribution is 5.80. The van der Waals surface area contributed by atoms with Crippen molar-refractivity contribution < 1.29 is 4.79 Å². The third-order valence-electron chi connectivity index (χ3n) is 3.15. The number of aromatic nitrogens is 2. The lowest BCUT2D eigenvalue weighted by molar-refractivity contribution is -0.127. The summed E-state index contributed by atoms with van der Waals surface area (Å²) >= 11 is 0. The molecule has 2 N–H and O–H groups in total. The van der Waals surface area contributed by atoms with Gasteiger partial charge in [0.1, 0.15) is 18.0 Å². The molecule has 0 atom stereocenters. The van der Waals surface area contributed by atoms with Crippen LogP contribution in [0.4, 0.5) is 11.6 Å². The maximum absolute atomic E-state index is 11.8. The molecule has 0 spiro atoms. The first-order chi connectivity index (χ1) is 9.63. The summed E-state index contributed by atoms with van der Waals surface area (Å²) in [5, 5.41) is 6.40. The average molecular weight is 279 g/mol. The number of carbonyl (C=O) groups is 1. The fourth-order valence-electron chi connectivity index (χ4n) is 1.77. The molecule has 6 nitrogen and oxygen atoms in total. The molecule has 112 valence electrons. The third kappa shape index (κ3) is 4.36. The van der Waals surface area contributed by atoms with E-state index in [9.17, 15) is 4.79 Å². The van der Waals surface area contributed by atoms with Gasteiger partial charge in [0.15, 0.2) is 0 Å². The second-order valence-electron chi connectivity index (χ2n) is 4.59. The lowest BCUT2D eigenvalue weighted by Gasteiger charge is -2.17. The van der Waals surface area contributed by atoms with Gasteiger partial charge >= 0.3 is 0 Å². The number of hydrogen-bond donors (Lipinski definition) is 2. The molecule has 0 bridgehead atoms. The molecular weight excluding hydrogens is 254 g/mol. The summed E-state index contributed by atoms with van der Waals surface area (Å²) in [6, 6.07) is 0. The van der Waals surface area contributed by atoms with E-state index in [2.05, 4.69) is 34.4 Å². The fraction of sp³-hybridized carbons (Fsp3) is 0.643. The first kappa shape index (κ1) is 16.2. The van der Waals surface area contributed by atoms with E-state index in [1.54, 1.807) is 11.9 Å². The van der Waals surface area contributed by atoms with Crippen LogP contribution >= 0.6 is 0 Å². The second kappa shape index (κ2) is 8.35. The zero-order chi connectivity index (χ0) is 15.0. The lowest BCUT2D eigenvalue weighted by Crippen LogP contribution is -2.32. The first-order valence-electron chi connectivity index (χ1n) is 7.19. The van der Waals surface area contributed by atoms with Crippen LogP contribution < -0.4 is 10.6 Å². The van der Waals surface area contributed by atoms with Gasteiger partial charge in [0.2, 0.25) is 5.91 Å². The number of nitrogens with zero attached hydrogens (tertiary/aromatic N) is 3. The van der Waals surface area contributed by atoms with Crippen molar-refractivity contribution in [3.8, 4) is 0 Å². The van der Waals surface area contributed by atoms with Crippen molar-refractivity contribution >= 4 is 17.5 Å². The third-order valence-corrected chi connectivity index (χ3v) is 3.15. The molecule has 1 amide bonds. The van der Waals surface area contributed by atoms with Gasteiger partial charge in [0.05, 0.1) is 6.54 Å². The van der Waals surface area contributed by atoms with Gasteiger partial charge in [-0.05, 0) is 19.8 Å². The van der Waals surface area contributed by atoms with E-state index < -0.39 is 0 Å². The molecular formula is C14H25N5O.